The van der Waals surface area contributed by atoms with Gasteiger partial charge in [0, 0.05) is 38.5 Å². The molecule has 204 valence electrons. The highest BCUT2D eigenvalue weighted by Gasteiger charge is 2.61. The van der Waals surface area contributed by atoms with Crippen molar-refractivity contribution in [3.63, 3.8) is 0 Å². The summed E-state index contributed by atoms with van der Waals surface area (Å²) in [7, 11) is 0. The Balaban J connectivity index is 1.60. The molecule has 2 aliphatic rings. The van der Waals surface area contributed by atoms with Gasteiger partial charge in [-0.15, -0.1) is 0 Å². The first kappa shape index (κ1) is 26.8. The minimum absolute atomic E-state index is 0.00417. The van der Waals surface area contributed by atoms with Gasteiger partial charge < -0.3 is 15.7 Å². The van der Waals surface area contributed by atoms with E-state index >= 15 is 0 Å². The van der Waals surface area contributed by atoms with E-state index < -0.39 is 76.9 Å². The first-order valence-corrected chi connectivity index (χ1v) is 11.5. The third-order valence-electron chi connectivity index (χ3n) is 6.57. The maximum Gasteiger partial charge on any atom is 0.423 e. The second-order valence-electron chi connectivity index (χ2n) is 8.94. The molecular weight excluding hydrogens is 559 g/mol. The molecule has 6 nitrogen and oxygen atoms in total. The van der Waals surface area contributed by atoms with Crippen molar-refractivity contribution in [2.45, 2.75) is 24.2 Å². The van der Waals surface area contributed by atoms with Gasteiger partial charge in [0.2, 0.25) is 5.60 Å². The summed E-state index contributed by atoms with van der Waals surface area (Å²) in [6, 6.07) is 4.47. The molecule has 3 aromatic carbocycles. The largest absolute Gasteiger partial charge is 0.423 e. The zero-order chi connectivity index (χ0) is 28.4. The van der Waals surface area contributed by atoms with Gasteiger partial charge in [0.25, 0.3) is 12.3 Å². The number of benzene rings is 3. The predicted octanol–water partition coefficient (Wildman–Crippen LogP) is 6.19. The van der Waals surface area contributed by atoms with Crippen LogP contribution in [0.2, 0.25) is 5.02 Å². The SMILES string of the molecule is O=C1N[C@H](c2cc(F)ccc2Cl)c2c(NC(=O)N3C[C@](O)(C(F)(F)F)c4cc(F)ccc43)cc(C(F)F)cc21. The summed E-state index contributed by atoms with van der Waals surface area (Å²) in [6.45, 7) is -1.37. The average Bonchev–Trinajstić information content (AvgIpc) is 3.35. The van der Waals surface area contributed by atoms with Gasteiger partial charge in [-0.25, -0.2) is 22.4 Å². The fraction of sp³-hybridized carbons (Fsp3) is 0.200. The Morgan fingerprint density at radius 2 is 1.77 bits per heavy atom. The lowest BCUT2D eigenvalue weighted by Crippen LogP contribution is -2.48. The van der Waals surface area contributed by atoms with Gasteiger partial charge in [-0.2, -0.15) is 13.2 Å². The summed E-state index contributed by atoms with van der Waals surface area (Å²) in [5, 5.41) is 15.1. The van der Waals surface area contributed by atoms with E-state index in [9.17, 15) is 45.4 Å². The Labute approximate surface area is 220 Å². The Morgan fingerprint density at radius 1 is 1.10 bits per heavy atom. The summed E-state index contributed by atoms with van der Waals surface area (Å²) in [5.41, 5.74) is -6.48. The van der Waals surface area contributed by atoms with Crippen LogP contribution in [-0.4, -0.2) is 29.8 Å². The third-order valence-corrected chi connectivity index (χ3v) is 6.91. The van der Waals surface area contributed by atoms with Crippen LogP contribution < -0.4 is 15.5 Å². The quantitative estimate of drug-likeness (QED) is 0.327. The molecule has 14 heteroatoms. The highest BCUT2D eigenvalue weighted by Crippen LogP contribution is 2.49. The van der Waals surface area contributed by atoms with E-state index in [4.69, 9.17) is 11.6 Å². The second-order valence-corrected chi connectivity index (χ2v) is 9.35. The van der Waals surface area contributed by atoms with E-state index in [1.54, 1.807) is 0 Å². The lowest BCUT2D eigenvalue weighted by molar-refractivity contribution is -0.258. The fourth-order valence-corrected chi connectivity index (χ4v) is 4.96. The lowest BCUT2D eigenvalue weighted by Gasteiger charge is -2.27. The van der Waals surface area contributed by atoms with Crippen molar-refractivity contribution in [3.05, 3.63) is 93.0 Å². The number of alkyl halides is 5. The third kappa shape index (κ3) is 4.35. The van der Waals surface area contributed by atoms with Gasteiger partial charge in [0.15, 0.2) is 0 Å². The highest BCUT2D eigenvalue weighted by atomic mass is 35.5. The number of aliphatic hydroxyl groups is 1. The van der Waals surface area contributed by atoms with Crippen molar-refractivity contribution in [2.75, 3.05) is 16.8 Å². The molecule has 3 N–H and O–H groups in total. The average molecular weight is 574 g/mol. The van der Waals surface area contributed by atoms with Crippen molar-refractivity contribution >= 4 is 34.9 Å². The first-order valence-electron chi connectivity index (χ1n) is 11.1. The Kier molecular flexibility index (Phi) is 6.26. The van der Waals surface area contributed by atoms with Crippen molar-refractivity contribution in [3.8, 4) is 0 Å². The van der Waals surface area contributed by atoms with Crippen LogP contribution in [0.5, 0.6) is 0 Å². The van der Waals surface area contributed by atoms with Crippen LogP contribution in [0.1, 0.15) is 45.1 Å². The Hall–Kier alpha value is -3.84. The number of β-amino-alcohol motifs (C(OH)–C–C–N with tert-alkyl or cyclic N) is 1. The summed E-state index contributed by atoms with van der Waals surface area (Å²) in [6.07, 6.45) is -8.42. The molecule has 2 heterocycles. The molecule has 3 aromatic rings. The van der Waals surface area contributed by atoms with Crippen LogP contribution in [-0.2, 0) is 5.60 Å². The van der Waals surface area contributed by atoms with Crippen LogP contribution in [0.15, 0.2) is 48.5 Å². The number of carbonyl (C=O) groups is 2. The molecule has 0 aromatic heterocycles. The topological polar surface area (TPSA) is 81.7 Å². The number of amides is 3. The lowest BCUT2D eigenvalue weighted by atomic mass is 9.94. The molecule has 39 heavy (non-hydrogen) atoms. The predicted molar refractivity (Wildman–Crippen MR) is 125 cm³/mol. The zero-order valence-corrected chi connectivity index (χ0v) is 20.0. The molecule has 0 fully saturated rings. The summed E-state index contributed by atoms with van der Waals surface area (Å²) in [4.78, 5) is 26.4. The number of fused-ring (bicyclic) bond motifs is 2. The second kappa shape index (κ2) is 9.12. The maximum atomic E-state index is 14.0. The van der Waals surface area contributed by atoms with E-state index in [0.717, 1.165) is 36.4 Å². The number of hydrogen-bond donors (Lipinski definition) is 3. The standard InChI is InChI=1S/C25H15ClF7N3O3/c26-16-3-1-11(27)7-13(16)20-19-14(22(37)35-20)5-10(21(29)30)6-17(19)34-23(38)36-9-24(39,25(31,32)33)15-8-12(28)2-4-18(15)36/h1-8,20-21,39H,9H2,(H,34,38)(H,35,37)/t20-,24-/m1/s1. The molecular formula is C25H15ClF7N3O3. The van der Waals surface area contributed by atoms with Crippen LogP contribution in [0.25, 0.3) is 0 Å². The minimum atomic E-state index is -5.31. The molecule has 2 aliphatic heterocycles. The molecule has 0 saturated heterocycles. The van der Waals surface area contributed by atoms with E-state index in [1.165, 1.54) is 6.07 Å². The maximum absolute atomic E-state index is 14.0. The van der Waals surface area contributed by atoms with Crippen molar-refractivity contribution in [1.82, 2.24) is 5.32 Å². The zero-order valence-electron chi connectivity index (χ0n) is 19.2. The van der Waals surface area contributed by atoms with Gasteiger partial charge in [-0.05, 0) is 48.5 Å². The van der Waals surface area contributed by atoms with E-state index in [1.807, 2.05) is 0 Å². The molecule has 0 radical (unpaired) electrons. The minimum Gasteiger partial charge on any atom is -0.375 e. The molecule has 3 amide bonds. The fourth-order valence-electron chi connectivity index (χ4n) is 4.73. The first-order chi connectivity index (χ1) is 18.2. The molecule has 2 atom stereocenters. The molecule has 5 rings (SSSR count). The van der Waals surface area contributed by atoms with Crippen LogP contribution >= 0.6 is 11.6 Å². The number of rotatable bonds is 3. The number of nitrogens with zero attached hydrogens (tertiary/aromatic N) is 1. The number of carbonyl (C=O) groups excluding carboxylic acids is 2. The Bertz CT molecular complexity index is 1530. The summed E-state index contributed by atoms with van der Waals surface area (Å²) >= 11 is 6.18. The van der Waals surface area contributed by atoms with Gasteiger partial charge >= 0.3 is 12.2 Å². The normalized spacial score (nSPS) is 20.2. The number of nitrogens with one attached hydrogen (secondary N) is 2. The molecule has 0 saturated carbocycles. The Morgan fingerprint density at radius 3 is 2.44 bits per heavy atom. The summed E-state index contributed by atoms with van der Waals surface area (Å²) < 4.78 is 96.5. The van der Waals surface area contributed by atoms with E-state index in [2.05, 4.69) is 10.6 Å². The number of anilines is 2. The van der Waals surface area contributed by atoms with E-state index in [0.29, 0.717) is 11.0 Å². The van der Waals surface area contributed by atoms with Gasteiger partial charge in [0.1, 0.15) is 11.6 Å². The summed E-state index contributed by atoms with van der Waals surface area (Å²) in [5.74, 6) is -2.68. The highest BCUT2D eigenvalue weighted by molar-refractivity contribution is 6.31. The number of hydrogen-bond acceptors (Lipinski definition) is 3. The van der Waals surface area contributed by atoms with Gasteiger partial charge in [-0.1, -0.05) is 11.6 Å². The van der Waals surface area contributed by atoms with Crippen LogP contribution in [0.3, 0.4) is 0 Å². The molecule has 0 aliphatic carbocycles. The number of halogens is 8. The van der Waals surface area contributed by atoms with Crippen molar-refractivity contribution in [2.24, 2.45) is 0 Å². The van der Waals surface area contributed by atoms with Crippen molar-refractivity contribution in [1.29, 1.82) is 0 Å². The monoisotopic (exact) mass is 573 g/mol. The van der Waals surface area contributed by atoms with E-state index in [-0.39, 0.29) is 21.7 Å². The smallest absolute Gasteiger partial charge is 0.375 e. The van der Waals surface area contributed by atoms with Gasteiger partial charge in [-0.3, -0.25) is 9.69 Å². The molecule has 0 bridgehead atoms. The van der Waals surface area contributed by atoms with Crippen LogP contribution in [0, 0.1) is 11.6 Å². The number of urea groups is 1. The van der Waals surface area contributed by atoms with Crippen molar-refractivity contribution < 1.29 is 45.4 Å². The molecule has 0 spiro atoms. The van der Waals surface area contributed by atoms with Gasteiger partial charge in [0.05, 0.1) is 18.3 Å². The van der Waals surface area contributed by atoms with Crippen LogP contribution in [0.4, 0.5) is 46.9 Å². The molecule has 0 unspecified atom stereocenters.